The Morgan fingerprint density at radius 1 is 0.438 bits per heavy atom. The minimum absolute atomic E-state index is 0.0773. The van der Waals surface area contributed by atoms with E-state index in [0.29, 0.717) is 0 Å². The van der Waals surface area contributed by atoms with Gasteiger partial charge in [-0.1, -0.05) is 190 Å². The Bertz CT molecular complexity index is 2780. The van der Waals surface area contributed by atoms with Gasteiger partial charge in [0.1, 0.15) is 0 Å². The summed E-state index contributed by atoms with van der Waals surface area (Å²) in [5, 5.41) is 0. The molecule has 64 heavy (non-hydrogen) atoms. The molecular weight excluding hydrogens is 771 g/mol. The van der Waals surface area contributed by atoms with Crippen LogP contribution in [0.5, 0.6) is 0 Å². The molecule has 3 aliphatic carbocycles. The second kappa shape index (κ2) is 16.4. The molecule has 324 valence electrons. The highest BCUT2D eigenvalue weighted by atomic mass is 15.1. The first-order valence-electron chi connectivity index (χ1n) is 24.4. The fraction of sp³-hybridized carbons (Fsp3) is 0.333. The molecule has 0 radical (unpaired) electrons. The molecule has 0 aliphatic heterocycles. The SMILES string of the molecule is CC(C)(C)c1cc(-c2ccc(-c3ccc(N(c4ccc(-c5ccc(C6CCCCC6)cc5)cc4)c4ccc5c(c4)C(C)(C)c4ccccc4-5)c4c3CCCC4)cc2)cc(C(C)(C)C)c1. The van der Waals surface area contributed by atoms with Crippen molar-refractivity contribution in [1.29, 1.82) is 0 Å². The lowest BCUT2D eigenvalue weighted by atomic mass is 9.79. The first-order valence-corrected chi connectivity index (χ1v) is 24.4. The number of rotatable bonds is 7. The van der Waals surface area contributed by atoms with E-state index in [0.717, 1.165) is 18.8 Å². The minimum atomic E-state index is -0.0843. The van der Waals surface area contributed by atoms with Crippen molar-refractivity contribution in [3.8, 4) is 44.5 Å². The molecule has 3 aliphatic rings. The number of benzene rings is 7. The Morgan fingerprint density at radius 3 is 1.62 bits per heavy atom. The second-order valence-corrected chi connectivity index (χ2v) is 21.9. The van der Waals surface area contributed by atoms with Crippen molar-refractivity contribution in [3.05, 3.63) is 185 Å². The largest absolute Gasteiger partial charge is 0.310 e. The molecule has 0 bridgehead atoms. The fourth-order valence-electron chi connectivity index (χ4n) is 11.3. The molecule has 1 fully saturated rings. The molecule has 0 saturated heterocycles. The average molecular weight is 838 g/mol. The van der Waals surface area contributed by atoms with Crippen molar-refractivity contribution in [1.82, 2.24) is 0 Å². The summed E-state index contributed by atoms with van der Waals surface area (Å²) < 4.78 is 0. The summed E-state index contributed by atoms with van der Waals surface area (Å²) in [5.41, 5.74) is 24.5. The molecule has 1 nitrogen and oxygen atoms in total. The van der Waals surface area contributed by atoms with Gasteiger partial charge in [0.2, 0.25) is 0 Å². The van der Waals surface area contributed by atoms with Gasteiger partial charge in [-0.2, -0.15) is 0 Å². The van der Waals surface area contributed by atoms with Gasteiger partial charge in [-0.25, -0.2) is 0 Å². The maximum Gasteiger partial charge on any atom is 0.0496 e. The summed E-state index contributed by atoms with van der Waals surface area (Å²) >= 11 is 0. The van der Waals surface area contributed by atoms with Crippen LogP contribution in [0.3, 0.4) is 0 Å². The van der Waals surface area contributed by atoms with Crippen LogP contribution in [0.1, 0.15) is 145 Å². The number of nitrogens with zero attached hydrogens (tertiary/aromatic N) is 1. The van der Waals surface area contributed by atoms with Crippen LogP contribution in [-0.2, 0) is 29.1 Å². The average Bonchev–Trinajstić information content (AvgIpc) is 3.54. The normalized spacial score (nSPS) is 15.9. The highest BCUT2D eigenvalue weighted by Crippen LogP contribution is 2.52. The van der Waals surface area contributed by atoms with Crippen molar-refractivity contribution >= 4 is 17.1 Å². The summed E-state index contributed by atoms with van der Waals surface area (Å²) in [6.45, 7) is 18.7. The van der Waals surface area contributed by atoms with Crippen LogP contribution in [0.4, 0.5) is 17.1 Å². The summed E-state index contributed by atoms with van der Waals surface area (Å²) in [6, 6.07) is 56.7. The van der Waals surface area contributed by atoms with Gasteiger partial charge in [0.05, 0.1) is 0 Å². The van der Waals surface area contributed by atoms with E-state index in [-0.39, 0.29) is 16.2 Å². The zero-order valence-electron chi connectivity index (χ0n) is 39.7. The van der Waals surface area contributed by atoms with Gasteiger partial charge < -0.3 is 4.90 Å². The lowest BCUT2D eigenvalue weighted by Gasteiger charge is -2.32. The number of anilines is 3. The molecule has 1 heteroatoms. The highest BCUT2D eigenvalue weighted by molar-refractivity contribution is 5.88. The van der Waals surface area contributed by atoms with E-state index >= 15 is 0 Å². The molecule has 0 unspecified atom stereocenters. The van der Waals surface area contributed by atoms with Gasteiger partial charge in [0, 0.05) is 22.5 Å². The minimum Gasteiger partial charge on any atom is -0.310 e. The van der Waals surface area contributed by atoms with Crippen molar-refractivity contribution < 1.29 is 0 Å². The molecule has 0 spiro atoms. The lowest BCUT2D eigenvalue weighted by Crippen LogP contribution is -2.18. The van der Waals surface area contributed by atoms with Crippen LogP contribution < -0.4 is 4.90 Å². The second-order valence-electron chi connectivity index (χ2n) is 21.9. The monoisotopic (exact) mass is 838 g/mol. The van der Waals surface area contributed by atoms with Crippen LogP contribution in [0.25, 0.3) is 44.5 Å². The maximum atomic E-state index is 2.57. The third kappa shape index (κ3) is 7.84. The fourth-order valence-corrected chi connectivity index (χ4v) is 11.3. The zero-order valence-corrected chi connectivity index (χ0v) is 39.7. The van der Waals surface area contributed by atoms with Gasteiger partial charge in [-0.05, 0) is 169 Å². The van der Waals surface area contributed by atoms with E-state index in [1.165, 1.54) is 145 Å². The third-order valence-electron chi connectivity index (χ3n) is 15.2. The summed E-state index contributed by atoms with van der Waals surface area (Å²) in [6.07, 6.45) is 11.4. The van der Waals surface area contributed by atoms with E-state index in [1.54, 1.807) is 0 Å². The van der Waals surface area contributed by atoms with Crippen LogP contribution >= 0.6 is 0 Å². The Labute approximate surface area is 384 Å². The topological polar surface area (TPSA) is 3.24 Å². The van der Waals surface area contributed by atoms with Gasteiger partial charge in [-0.3, -0.25) is 0 Å². The van der Waals surface area contributed by atoms with E-state index in [4.69, 9.17) is 0 Å². The Morgan fingerprint density at radius 2 is 0.969 bits per heavy atom. The van der Waals surface area contributed by atoms with Gasteiger partial charge in [0.25, 0.3) is 0 Å². The first kappa shape index (κ1) is 42.3. The van der Waals surface area contributed by atoms with Crippen LogP contribution in [0, 0.1) is 0 Å². The van der Waals surface area contributed by atoms with E-state index in [9.17, 15) is 0 Å². The lowest BCUT2D eigenvalue weighted by molar-refractivity contribution is 0.443. The molecule has 7 aromatic rings. The first-order chi connectivity index (χ1) is 30.7. The third-order valence-corrected chi connectivity index (χ3v) is 15.2. The smallest absolute Gasteiger partial charge is 0.0496 e. The number of fused-ring (bicyclic) bond motifs is 4. The zero-order chi connectivity index (χ0) is 44.4. The van der Waals surface area contributed by atoms with Crippen molar-refractivity contribution in [2.24, 2.45) is 0 Å². The van der Waals surface area contributed by atoms with Crippen LogP contribution in [0.2, 0.25) is 0 Å². The van der Waals surface area contributed by atoms with Crippen LogP contribution in [0.15, 0.2) is 146 Å². The van der Waals surface area contributed by atoms with E-state index in [2.05, 4.69) is 206 Å². The molecule has 0 atom stereocenters. The molecule has 0 heterocycles. The molecule has 1 saturated carbocycles. The molecular formula is C63H67N. The molecule has 7 aromatic carbocycles. The number of hydrogen-bond acceptors (Lipinski definition) is 1. The summed E-state index contributed by atoms with van der Waals surface area (Å²) in [5.74, 6) is 0.721. The summed E-state index contributed by atoms with van der Waals surface area (Å²) in [7, 11) is 0. The maximum absolute atomic E-state index is 2.57. The Kier molecular flexibility index (Phi) is 10.8. The van der Waals surface area contributed by atoms with Gasteiger partial charge >= 0.3 is 0 Å². The van der Waals surface area contributed by atoms with Crippen molar-refractivity contribution in [2.75, 3.05) is 4.90 Å². The van der Waals surface area contributed by atoms with Crippen molar-refractivity contribution in [2.45, 2.75) is 135 Å². The van der Waals surface area contributed by atoms with E-state index < -0.39 is 0 Å². The van der Waals surface area contributed by atoms with E-state index in [1.807, 2.05) is 0 Å². The van der Waals surface area contributed by atoms with Gasteiger partial charge in [-0.15, -0.1) is 0 Å². The van der Waals surface area contributed by atoms with Crippen LogP contribution in [-0.4, -0.2) is 0 Å². The Hall–Kier alpha value is -5.66. The molecule has 0 amide bonds. The number of hydrogen-bond donors (Lipinski definition) is 0. The van der Waals surface area contributed by atoms with Gasteiger partial charge in [0.15, 0.2) is 0 Å². The Balaban J connectivity index is 1.05. The predicted octanol–water partition coefficient (Wildman–Crippen LogP) is 18.0. The van der Waals surface area contributed by atoms with Crippen molar-refractivity contribution in [3.63, 3.8) is 0 Å². The molecule has 0 aromatic heterocycles. The standard InChI is InChI=1S/C63H67N/c1-61(2,3)49-38-48(39-50(40-49)62(4,5)6)46-26-28-47(29-27-46)53-36-37-60(57-20-13-12-18-54(53)57)64(52-34-35-56-55-19-14-15-21-58(55)63(7,8)59(56)41-52)51-32-30-45(31-33-51)44-24-22-43(23-25-44)42-16-10-9-11-17-42/h14-15,19,21-42H,9-13,16-18,20H2,1-8H3. The molecule has 0 N–H and O–H groups in total. The molecule has 10 rings (SSSR count). The summed E-state index contributed by atoms with van der Waals surface area (Å²) in [4.78, 5) is 2.57. The predicted molar refractivity (Wildman–Crippen MR) is 275 cm³/mol. The quantitative estimate of drug-likeness (QED) is 0.155. The highest BCUT2D eigenvalue weighted by Gasteiger charge is 2.36.